The summed E-state index contributed by atoms with van der Waals surface area (Å²) in [5.74, 6) is 0.828. The van der Waals surface area contributed by atoms with Crippen LogP contribution in [0, 0.1) is 0 Å². The van der Waals surface area contributed by atoms with Gasteiger partial charge in [0.25, 0.3) is 0 Å². The molecule has 5 heteroatoms. The van der Waals surface area contributed by atoms with E-state index in [1.165, 1.54) is 0 Å². The molecule has 2 N–H and O–H groups in total. The zero-order valence-electron chi connectivity index (χ0n) is 9.57. The van der Waals surface area contributed by atoms with Crippen molar-refractivity contribution in [2.24, 2.45) is 0 Å². The SMILES string of the molecule is CCn1nccc1NC(=O)C1CCCCN1. The number of piperidine rings is 1. The maximum Gasteiger partial charge on any atom is 0.242 e. The van der Waals surface area contributed by atoms with Crippen molar-refractivity contribution < 1.29 is 4.79 Å². The molecule has 16 heavy (non-hydrogen) atoms. The lowest BCUT2D eigenvalue weighted by atomic mass is 10.0. The molecule has 1 aromatic heterocycles. The van der Waals surface area contributed by atoms with Crippen LogP contribution >= 0.6 is 0 Å². The molecule has 0 aliphatic carbocycles. The number of rotatable bonds is 3. The summed E-state index contributed by atoms with van der Waals surface area (Å²) in [6.45, 7) is 3.70. The predicted octanol–water partition coefficient (Wildman–Crippen LogP) is 0.984. The van der Waals surface area contributed by atoms with Crippen LogP contribution in [-0.2, 0) is 11.3 Å². The summed E-state index contributed by atoms with van der Waals surface area (Å²) in [5.41, 5.74) is 0. The van der Waals surface area contributed by atoms with Gasteiger partial charge >= 0.3 is 0 Å². The quantitative estimate of drug-likeness (QED) is 0.801. The van der Waals surface area contributed by atoms with Crippen molar-refractivity contribution >= 4 is 11.7 Å². The lowest BCUT2D eigenvalue weighted by molar-refractivity contribution is -0.118. The van der Waals surface area contributed by atoms with E-state index >= 15 is 0 Å². The Balaban J connectivity index is 1.95. The van der Waals surface area contributed by atoms with E-state index in [2.05, 4.69) is 15.7 Å². The second kappa shape index (κ2) is 5.12. The zero-order chi connectivity index (χ0) is 11.4. The van der Waals surface area contributed by atoms with Gasteiger partial charge in [-0.15, -0.1) is 0 Å². The largest absolute Gasteiger partial charge is 0.310 e. The Morgan fingerprint density at radius 1 is 1.69 bits per heavy atom. The molecule has 2 heterocycles. The fraction of sp³-hybridized carbons (Fsp3) is 0.636. The normalized spacial score (nSPS) is 20.7. The number of aryl methyl sites for hydroxylation is 1. The van der Waals surface area contributed by atoms with Gasteiger partial charge in [-0.3, -0.25) is 4.79 Å². The van der Waals surface area contributed by atoms with E-state index in [1.54, 1.807) is 10.9 Å². The van der Waals surface area contributed by atoms with Gasteiger partial charge in [0, 0.05) is 12.6 Å². The Kier molecular flexibility index (Phi) is 3.56. The monoisotopic (exact) mass is 222 g/mol. The van der Waals surface area contributed by atoms with Gasteiger partial charge in [-0.25, -0.2) is 4.68 Å². The molecule has 5 nitrogen and oxygen atoms in total. The number of amides is 1. The molecule has 2 rings (SSSR count). The summed E-state index contributed by atoms with van der Waals surface area (Å²) < 4.78 is 1.78. The number of carbonyl (C=O) groups excluding carboxylic acids is 1. The molecular weight excluding hydrogens is 204 g/mol. The molecule has 1 fully saturated rings. The van der Waals surface area contributed by atoms with Gasteiger partial charge in [-0.1, -0.05) is 6.42 Å². The molecule has 0 radical (unpaired) electrons. The topological polar surface area (TPSA) is 59.0 Å². The molecular formula is C11H18N4O. The van der Waals surface area contributed by atoms with Crippen molar-refractivity contribution in [3.05, 3.63) is 12.3 Å². The molecule has 1 aliphatic rings. The minimum absolute atomic E-state index is 0.0473. The number of nitrogens with one attached hydrogen (secondary N) is 2. The second-order valence-electron chi connectivity index (χ2n) is 4.02. The van der Waals surface area contributed by atoms with Crippen LogP contribution in [0.15, 0.2) is 12.3 Å². The Labute approximate surface area is 95.2 Å². The fourth-order valence-corrected chi connectivity index (χ4v) is 1.98. The van der Waals surface area contributed by atoms with E-state index in [-0.39, 0.29) is 11.9 Å². The molecule has 0 spiro atoms. The van der Waals surface area contributed by atoms with Gasteiger partial charge < -0.3 is 10.6 Å². The average molecular weight is 222 g/mol. The van der Waals surface area contributed by atoms with Crippen molar-refractivity contribution in [1.29, 1.82) is 0 Å². The van der Waals surface area contributed by atoms with E-state index in [9.17, 15) is 4.79 Å². The number of hydrogen-bond acceptors (Lipinski definition) is 3. The Hall–Kier alpha value is -1.36. The lowest BCUT2D eigenvalue weighted by Crippen LogP contribution is -2.43. The van der Waals surface area contributed by atoms with Crippen LogP contribution in [0.1, 0.15) is 26.2 Å². The number of aromatic nitrogens is 2. The van der Waals surface area contributed by atoms with Crippen LogP contribution < -0.4 is 10.6 Å². The first kappa shape index (κ1) is 11.1. The molecule has 0 saturated carbocycles. The number of anilines is 1. The fourth-order valence-electron chi connectivity index (χ4n) is 1.98. The minimum atomic E-state index is -0.0473. The average Bonchev–Trinajstić information content (AvgIpc) is 2.77. The van der Waals surface area contributed by atoms with E-state index in [0.29, 0.717) is 0 Å². The van der Waals surface area contributed by atoms with E-state index < -0.39 is 0 Å². The maximum atomic E-state index is 11.9. The smallest absolute Gasteiger partial charge is 0.242 e. The van der Waals surface area contributed by atoms with E-state index in [1.807, 2.05) is 13.0 Å². The molecule has 1 saturated heterocycles. The highest BCUT2D eigenvalue weighted by molar-refractivity contribution is 5.94. The van der Waals surface area contributed by atoms with Crippen LogP contribution in [0.4, 0.5) is 5.82 Å². The van der Waals surface area contributed by atoms with Gasteiger partial charge in [0.05, 0.1) is 12.2 Å². The Bertz CT molecular complexity index is 355. The summed E-state index contributed by atoms with van der Waals surface area (Å²) in [6.07, 6.45) is 4.91. The zero-order valence-corrected chi connectivity index (χ0v) is 9.57. The molecule has 0 aromatic carbocycles. The molecule has 1 unspecified atom stereocenters. The molecule has 1 aliphatic heterocycles. The Morgan fingerprint density at radius 3 is 3.25 bits per heavy atom. The van der Waals surface area contributed by atoms with Crippen LogP contribution in [-0.4, -0.2) is 28.3 Å². The predicted molar refractivity (Wildman–Crippen MR) is 62.2 cm³/mol. The van der Waals surface area contributed by atoms with Crippen LogP contribution in [0.5, 0.6) is 0 Å². The third kappa shape index (κ3) is 2.41. The third-order valence-electron chi connectivity index (χ3n) is 2.89. The van der Waals surface area contributed by atoms with Crippen LogP contribution in [0.3, 0.4) is 0 Å². The van der Waals surface area contributed by atoms with Gasteiger partial charge in [0.15, 0.2) is 0 Å². The van der Waals surface area contributed by atoms with E-state index in [4.69, 9.17) is 0 Å². The summed E-state index contributed by atoms with van der Waals surface area (Å²) in [4.78, 5) is 11.9. The standard InChI is InChI=1S/C11H18N4O/c1-2-15-10(6-8-13-15)14-11(16)9-5-3-4-7-12-9/h6,8-9,12H,2-5,7H2,1H3,(H,14,16). The van der Waals surface area contributed by atoms with Gasteiger partial charge in [0.2, 0.25) is 5.91 Å². The first-order valence-corrected chi connectivity index (χ1v) is 5.87. The first-order chi connectivity index (χ1) is 7.81. The van der Waals surface area contributed by atoms with Crippen molar-refractivity contribution in [2.45, 2.75) is 38.8 Å². The van der Waals surface area contributed by atoms with Crippen molar-refractivity contribution in [1.82, 2.24) is 15.1 Å². The summed E-state index contributed by atoms with van der Waals surface area (Å²) in [7, 11) is 0. The van der Waals surface area contributed by atoms with Gasteiger partial charge in [-0.2, -0.15) is 5.10 Å². The van der Waals surface area contributed by atoms with Crippen molar-refractivity contribution in [3.8, 4) is 0 Å². The van der Waals surface area contributed by atoms with Crippen LogP contribution in [0.25, 0.3) is 0 Å². The highest BCUT2D eigenvalue weighted by Gasteiger charge is 2.21. The maximum absolute atomic E-state index is 11.9. The second-order valence-corrected chi connectivity index (χ2v) is 4.02. The minimum Gasteiger partial charge on any atom is -0.310 e. The van der Waals surface area contributed by atoms with Gasteiger partial charge in [0.1, 0.15) is 5.82 Å². The molecule has 1 aromatic rings. The lowest BCUT2D eigenvalue weighted by Gasteiger charge is -2.22. The third-order valence-corrected chi connectivity index (χ3v) is 2.89. The number of carbonyl (C=O) groups is 1. The van der Waals surface area contributed by atoms with Crippen molar-refractivity contribution in [2.75, 3.05) is 11.9 Å². The summed E-state index contributed by atoms with van der Waals surface area (Å²) >= 11 is 0. The van der Waals surface area contributed by atoms with Crippen LogP contribution in [0.2, 0.25) is 0 Å². The first-order valence-electron chi connectivity index (χ1n) is 5.87. The molecule has 1 amide bonds. The van der Waals surface area contributed by atoms with E-state index in [0.717, 1.165) is 38.2 Å². The van der Waals surface area contributed by atoms with Crippen molar-refractivity contribution in [3.63, 3.8) is 0 Å². The number of hydrogen-bond donors (Lipinski definition) is 2. The highest BCUT2D eigenvalue weighted by Crippen LogP contribution is 2.11. The summed E-state index contributed by atoms with van der Waals surface area (Å²) in [6, 6.07) is 1.78. The van der Waals surface area contributed by atoms with Gasteiger partial charge in [-0.05, 0) is 26.3 Å². The molecule has 0 bridgehead atoms. The molecule has 1 atom stereocenters. The summed E-state index contributed by atoms with van der Waals surface area (Å²) in [5, 5.41) is 10.3. The highest BCUT2D eigenvalue weighted by atomic mass is 16.2. The number of nitrogens with zero attached hydrogens (tertiary/aromatic N) is 2. The molecule has 88 valence electrons. The Morgan fingerprint density at radius 2 is 2.56 bits per heavy atom.